The predicted octanol–water partition coefficient (Wildman–Crippen LogP) is 3.95. The maximum Gasteiger partial charge on any atom is 0.234 e. The second kappa shape index (κ2) is 6.24. The zero-order valence-corrected chi connectivity index (χ0v) is 14.2. The number of rotatable bonds is 4. The minimum absolute atomic E-state index is 0.0516. The van der Waals surface area contributed by atoms with Gasteiger partial charge in [-0.05, 0) is 23.8 Å². The number of ether oxygens (including phenoxy) is 1. The van der Waals surface area contributed by atoms with Crippen molar-refractivity contribution in [3.05, 3.63) is 65.9 Å². The van der Waals surface area contributed by atoms with Crippen molar-refractivity contribution in [1.29, 1.82) is 0 Å². The van der Waals surface area contributed by atoms with Crippen LogP contribution in [0.1, 0.15) is 16.5 Å². The van der Waals surface area contributed by atoms with Crippen LogP contribution in [-0.4, -0.2) is 28.7 Å². The van der Waals surface area contributed by atoms with Crippen molar-refractivity contribution in [3.8, 4) is 5.75 Å². The third-order valence-corrected chi connectivity index (χ3v) is 5.61. The van der Waals surface area contributed by atoms with E-state index in [4.69, 9.17) is 4.74 Å². The van der Waals surface area contributed by atoms with Crippen LogP contribution >= 0.6 is 11.8 Å². The molecule has 0 unspecified atom stereocenters. The van der Waals surface area contributed by atoms with Crippen LogP contribution < -0.4 is 4.74 Å². The summed E-state index contributed by atoms with van der Waals surface area (Å²) in [6.07, 6.45) is 2.03. The molecule has 1 aromatic heterocycles. The van der Waals surface area contributed by atoms with Gasteiger partial charge in [0.15, 0.2) is 0 Å². The molecular formula is C19H18N2O2S. The first kappa shape index (κ1) is 15.1. The number of thioether (sulfide) groups is 1. The number of para-hydroxylation sites is 1. The first-order chi connectivity index (χ1) is 11.8. The molecule has 0 bridgehead atoms. The van der Waals surface area contributed by atoms with Crippen LogP contribution in [-0.2, 0) is 11.3 Å². The number of aromatic nitrogens is 1. The molecule has 5 heteroatoms. The quantitative estimate of drug-likeness (QED) is 0.783. The number of benzene rings is 2. The monoisotopic (exact) mass is 338 g/mol. The fraction of sp³-hybridized carbons (Fsp3) is 0.211. The van der Waals surface area contributed by atoms with E-state index >= 15 is 0 Å². The molecule has 0 spiro atoms. The van der Waals surface area contributed by atoms with Gasteiger partial charge in [0.1, 0.15) is 11.1 Å². The van der Waals surface area contributed by atoms with Crippen LogP contribution in [0.25, 0.3) is 10.9 Å². The molecular weight excluding hydrogens is 320 g/mol. The minimum Gasteiger partial charge on any atom is -0.497 e. The van der Waals surface area contributed by atoms with Gasteiger partial charge in [-0.1, -0.05) is 30.3 Å². The first-order valence-electron chi connectivity index (χ1n) is 7.86. The fourth-order valence-corrected chi connectivity index (χ4v) is 4.32. The van der Waals surface area contributed by atoms with E-state index in [1.165, 1.54) is 10.9 Å². The second-order valence-electron chi connectivity index (χ2n) is 5.82. The van der Waals surface area contributed by atoms with Gasteiger partial charge in [-0.3, -0.25) is 4.79 Å². The molecule has 4 nitrogen and oxygen atoms in total. The van der Waals surface area contributed by atoms with E-state index in [2.05, 4.69) is 17.1 Å². The van der Waals surface area contributed by atoms with E-state index in [0.717, 1.165) is 16.8 Å². The van der Waals surface area contributed by atoms with Gasteiger partial charge in [0, 0.05) is 29.2 Å². The Balaban J connectivity index is 1.64. The van der Waals surface area contributed by atoms with Crippen LogP contribution in [0, 0.1) is 0 Å². The van der Waals surface area contributed by atoms with E-state index in [1.54, 1.807) is 18.9 Å². The van der Waals surface area contributed by atoms with Gasteiger partial charge in [-0.2, -0.15) is 0 Å². The van der Waals surface area contributed by atoms with Crippen LogP contribution in [0.5, 0.6) is 5.75 Å². The molecule has 1 atom stereocenters. The molecule has 1 aliphatic heterocycles. The van der Waals surface area contributed by atoms with Crippen molar-refractivity contribution in [2.45, 2.75) is 11.9 Å². The average Bonchev–Trinajstić information content (AvgIpc) is 3.20. The number of nitrogens with one attached hydrogen (secondary N) is 1. The SMILES string of the molecule is COc1ccc(CN2C(=O)CS[C@@H]2c2c[nH]c3ccccc23)cc1. The smallest absolute Gasteiger partial charge is 0.234 e. The summed E-state index contributed by atoms with van der Waals surface area (Å²) < 4.78 is 5.20. The Morgan fingerprint density at radius 3 is 2.79 bits per heavy atom. The number of nitrogens with zero attached hydrogens (tertiary/aromatic N) is 1. The maximum atomic E-state index is 12.4. The lowest BCUT2D eigenvalue weighted by Crippen LogP contribution is -2.27. The van der Waals surface area contributed by atoms with Gasteiger partial charge in [0.05, 0.1) is 12.9 Å². The molecule has 2 heterocycles. The van der Waals surface area contributed by atoms with Crippen molar-refractivity contribution in [3.63, 3.8) is 0 Å². The van der Waals surface area contributed by atoms with Crippen molar-refractivity contribution >= 4 is 28.6 Å². The topological polar surface area (TPSA) is 45.3 Å². The van der Waals surface area contributed by atoms with Crippen molar-refractivity contribution in [2.75, 3.05) is 12.9 Å². The Morgan fingerprint density at radius 1 is 1.21 bits per heavy atom. The molecule has 1 aliphatic rings. The molecule has 0 aliphatic carbocycles. The number of aromatic amines is 1. The van der Waals surface area contributed by atoms with Gasteiger partial charge >= 0.3 is 0 Å². The summed E-state index contributed by atoms with van der Waals surface area (Å²) in [6, 6.07) is 16.1. The largest absolute Gasteiger partial charge is 0.497 e. The third kappa shape index (κ3) is 2.65. The molecule has 1 fully saturated rings. The highest BCUT2D eigenvalue weighted by molar-refractivity contribution is 8.00. The van der Waals surface area contributed by atoms with E-state index in [-0.39, 0.29) is 11.3 Å². The molecule has 122 valence electrons. The van der Waals surface area contributed by atoms with Crippen molar-refractivity contribution in [2.24, 2.45) is 0 Å². The van der Waals surface area contributed by atoms with Gasteiger partial charge in [0.25, 0.3) is 0 Å². The number of amides is 1. The number of carbonyl (C=O) groups excluding carboxylic acids is 1. The van der Waals surface area contributed by atoms with Crippen LogP contribution in [0.3, 0.4) is 0 Å². The highest BCUT2D eigenvalue weighted by atomic mass is 32.2. The van der Waals surface area contributed by atoms with E-state index < -0.39 is 0 Å². The molecule has 1 N–H and O–H groups in total. The second-order valence-corrected chi connectivity index (χ2v) is 6.89. The molecule has 4 rings (SSSR count). The lowest BCUT2D eigenvalue weighted by atomic mass is 10.1. The van der Waals surface area contributed by atoms with Crippen LogP contribution in [0.15, 0.2) is 54.7 Å². The number of hydrogen-bond acceptors (Lipinski definition) is 3. The highest BCUT2D eigenvalue weighted by Crippen LogP contribution is 2.42. The summed E-state index contributed by atoms with van der Waals surface area (Å²) in [6.45, 7) is 0.611. The third-order valence-electron chi connectivity index (χ3n) is 4.37. The molecule has 0 saturated carbocycles. The summed E-state index contributed by atoms with van der Waals surface area (Å²) >= 11 is 1.69. The van der Waals surface area contributed by atoms with E-state index in [0.29, 0.717) is 12.3 Å². The van der Waals surface area contributed by atoms with Crippen LogP contribution in [0.4, 0.5) is 0 Å². The normalized spacial score (nSPS) is 17.6. The number of carbonyl (C=O) groups is 1. The standard InChI is InChI=1S/C19H18N2O2S/c1-23-14-8-6-13(7-9-14)11-21-18(22)12-24-19(21)16-10-20-17-5-3-2-4-15(16)17/h2-10,19-20H,11-12H2,1H3/t19-/m1/s1. The highest BCUT2D eigenvalue weighted by Gasteiger charge is 2.34. The Labute approximate surface area is 144 Å². The van der Waals surface area contributed by atoms with Crippen molar-refractivity contribution < 1.29 is 9.53 Å². The van der Waals surface area contributed by atoms with Gasteiger partial charge in [-0.25, -0.2) is 0 Å². The zero-order chi connectivity index (χ0) is 16.5. The molecule has 24 heavy (non-hydrogen) atoms. The lowest BCUT2D eigenvalue weighted by molar-refractivity contribution is -0.128. The summed E-state index contributed by atoms with van der Waals surface area (Å²) in [7, 11) is 1.66. The van der Waals surface area contributed by atoms with Crippen molar-refractivity contribution in [1.82, 2.24) is 9.88 Å². The minimum atomic E-state index is 0.0516. The summed E-state index contributed by atoms with van der Waals surface area (Å²) in [5.74, 6) is 1.54. The Kier molecular flexibility index (Phi) is 3.94. The Morgan fingerprint density at radius 2 is 2.00 bits per heavy atom. The Hall–Kier alpha value is -2.40. The molecule has 1 saturated heterocycles. The predicted molar refractivity (Wildman–Crippen MR) is 97.0 cm³/mol. The Bertz CT molecular complexity index is 872. The van der Waals surface area contributed by atoms with Gasteiger partial charge in [-0.15, -0.1) is 11.8 Å². The molecule has 2 aromatic carbocycles. The maximum absolute atomic E-state index is 12.4. The van der Waals surface area contributed by atoms with E-state index in [1.807, 2.05) is 47.5 Å². The lowest BCUT2D eigenvalue weighted by Gasteiger charge is -2.24. The average molecular weight is 338 g/mol. The number of fused-ring (bicyclic) bond motifs is 1. The zero-order valence-electron chi connectivity index (χ0n) is 13.4. The number of methoxy groups -OCH3 is 1. The summed E-state index contributed by atoms with van der Waals surface area (Å²) in [4.78, 5) is 17.7. The molecule has 0 radical (unpaired) electrons. The summed E-state index contributed by atoms with van der Waals surface area (Å²) in [5, 5.41) is 1.24. The van der Waals surface area contributed by atoms with Gasteiger partial charge in [0.2, 0.25) is 5.91 Å². The first-order valence-corrected chi connectivity index (χ1v) is 8.91. The molecule has 3 aromatic rings. The van der Waals surface area contributed by atoms with E-state index in [9.17, 15) is 4.79 Å². The molecule has 1 amide bonds. The van der Waals surface area contributed by atoms with Gasteiger partial charge < -0.3 is 14.6 Å². The summed E-state index contributed by atoms with van der Waals surface area (Å²) in [5.41, 5.74) is 3.39. The fourth-order valence-electron chi connectivity index (χ4n) is 3.11. The number of hydrogen-bond donors (Lipinski definition) is 1. The van der Waals surface area contributed by atoms with Crippen LogP contribution in [0.2, 0.25) is 0 Å². The number of H-pyrrole nitrogens is 1.